The van der Waals surface area contributed by atoms with Crippen LogP contribution in [-0.4, -0.2) is 54.3 Å². The first-order valence-corrected chi connectivity index (χ1v) is 9.31. The first-order chi connectivity index (χ1) is 13.0. The zero-order chi connectivity index (χ0) is 19.0. The molecule has 4 rings (SSSR count). The van der Waals surface area contributed by atoms with E-state index in [1.165, 1.54) is 16.7 Å². The van der Waals surface area contributed by atoms with E-state index in [0.717, 1.165) is 35.2 Å². The van der Waals surface area contributed by atoms with E-state index < -0.39 is 0 Å². The molecule has 2 aromatic heterocycles. The Balaban J connectivity index is 1.41. The van der Waals surface area contributed by atoms with Crippen molar-refractivity contribution in [3.63, 3.8) is 0 Å². The number of hydrogen-bond donors (Lipinski definition) is 2. The molecule has 6 heteroatoms. The van der Waals surface area contributed by atoms with Crippen LogP contribution < -0.4 is 4.90 Å². The minimum Gasteiger partial charge on any atom is -0.459 e. The number of benzene rings is 1. The number of nitrogens with zero attached hydrogens (tertiary/aromatic N) is 1. The number of carbonyl (C=O) groups is 2. The molecule has 140 valence electrons. The van der Waals surface area contributed by atoms with Crippen molar-refractivity contribution in [2.24, 2.45) is 0 Å². The fourth-order valence-corrected chi connectivity index (χ4v) is 3.88. The summed E-state index contributed by atoms with van der Waals surface area (Å²) in [6, 6.07) is 9.55. The summed E-state index contributed by atoms with van der Waals surface area (Å²) in [5.41, 5.74) is 3.91. The molecule has 0 saturated carbocycles. The maximum Gasteiger partial charge on any atom is 0.289 e. The maximum absolute atomic E-state index is 13.0. The van der Waals surface area contributed by atoms with Crippen molar-refractivity contribution in [3.05, 3.63) is 59.2 Å². The quantitative estimate of drug-likeness (QED) is 0.689. The Morgan fingerprint density at radius 2 is 1.96 bits per heavy atom. The fraction of sp³-hybridized carbons (Fsp3) is 0.333. The second-order valence-corrected chi connectivity index (χ2v) is 7.29. The number of Topliss-reactive ketones (excluding diaryl/α,β-unsaturated/α-hetero) is 1. The van der Waals surface area contributed by atoms with Gasteiger partial charge < -0.3 is 19.2 Å². The van der Waals surface area contributed by atoms with Crippen LogP contribution in [0.25, 0.3) is 10.9 Å². The van der Waals surface area contributed by atoms with Gasteiger partial charge >= 0.3 is 0 Å². The van der Waals surface area contributed by atoms with E-state index in [0.29, 0.717) is 25.4 Å². The SMILES string of the molecule is Cc1ccc2c(C(=O)C[NH+]3CCN(C(=O)c4ccco4)CC3)c(C)[nH]c2c1. The summed E-state index contributed by atoms with van der Waals surface area (Å²) < 4.78 is 5.20. The van der Waals surface area contributed by atoms with Crippen LogP contribution in [0.2, 0.25) is 0 Å². The van der Waals surface area contributed by atoms with Crippen molar-refractivity contribution in [1.29, 1.82) is 0 Å². The van der Waals surface area contributed by atoms with Crippen LogP contribution in [0.3, 0.4) is 0 Å². The van der Waals surface area contributed by atoms with Gasteiger partial charge in [0.15, 0.2) is 5.76 Å². The summed E-state index contributed by atoms with van der Waals surface area (Å²) in [6.07, 6.45) is 1.51. The number of aryl methyl sites for hydroxylation is 2. The van der Waals surface area contributed by atoms with Crippen LogP contribution in [0.5, 0.6) is 0 Å². The number of fused-ring (bicyclic) bond motifs is 1. The fourth-order valence-electron chi connectivity index (χ4n) is 3.88. The summed E-state index contributed by atoms with van der Waals surface area (Å²) in [6.45, 7) is 7.24. The molecule has 3 heterocycles. The van der Waals surface area contributed by atoms with E-state index in [2.05, 4.69) is 11.1 Å². The Morgan fingerprint density at radius 1 is 1.19 bits per heavy atom. The van der Waals surface area contributed by atoms with Crippen LogP contribution in [0.15, 0.2) is 41.0 Å². The number of quaternary nitrogens is 1. The number of aromatic amines is 1. The predicted molar refractivity (Wildman–Crippen MR) is 102 cm³/mol. The van der Waals surface area contributed by atoms with Gasteiger partial charge in [-0.25, -0.2) is 0 Å². The average Bonchev–Trinajstić information content (AvgIpc) is 3.28. The second-order valence-electron chi connectivity index (χ2n) is 7.29. The second kappa shape index (κ2) is 7.04. The third-order valence-electron chi connectivity index (χ3n) is 5.32. The minimum absolute atomic E-state index is 0.0757. The van der Waals surface area contributed by atoms with Gasteiger partial charge in [0, 0.05) is 16.6 Å². The Labute approximate surface area is 157 Å². The molecular formula is C21H24N3O3+. The molecule has 1 aliphatic rings. The van der Waals surface area contributed by atoms with Crippen molar-refractivity contribution < 1.29 is 18.9 Å². The highest BCUT2D eigenvalue weighted by atomic mass is 16.3. The van der Waals surface area contributed by atoms with Crippen LogP contribution in [0.4, 0.5) is 0 Å². The van der Waals surface area contributed by atoms with Crippen LogP contribution >= 0.6 is 0 Å². The van der Waals surface area contributed by atoms with E-state index >= 15 is 0 Å². The predicted octanol–water partition coefficient (Wildman–Crippen LogP) is 1.60. The summed E-state index contributed by atoms with van der Waals surface area (Å²) in [5, 5.41) is 0.995. The van der Waals surface area contributed by atoms with E-state index in [1.54, 1.807) is 17.0 Å². The highest BCUT2D eigenvalue weighted by Crippen LogP contribution is 2.23. The number of ketones is 1. The lowest BCUT2D eigenvalue weighted by Gasteiger charge is -2.31. The molecule has 1 saturated heterocycles. The number of amides is 1. The molecule has 0 aliphatic carbocycles. The van der Waals surface area contributed by atoms with Gasteiger partial charge in [0.1, 0.15) is 6.54 Å². The highest BCUT2D eigenvalue weighted by Gasteiger charge is 2.28. The zero-order valence-electron chi connectivity index (χ0n) is 15.7. The molecule has 3 aromatic rings. The Morgan fingerprint density at radius 3 is 2.67 bits per heavy atom. The van der Waals surface area contributed by atoms with Gasteiger partial charge in [-0.3, -0.25) is 9.59 Å². The van der Waals surface area contributed by atoms with Gasteiger partial charge in [0.05, 0.1) is 38.0 Å². The van der Waals surface area contributed by atoms with Crippen LogP contribution in [0, 0.1) is 13.8 Å². The molecule has 1 aromatic carbocycles. The number of piperazine rings is 1. The number of aromatic nitrogens is 1. The minimum atomic E-state index is -0.0757. The van der Waals surface area contributed by atoms with E-state index in [-0.39, 0.29) is 11.7 Å². The van der Waals surface area contributed by atoms with Gasteiger partial charge in [-0.1, -0.05) is 12.1 Å². The molecule has 1 amide bonds. The number of nitrogens with one attached hydrogen (secondary N) is 2. The first-order valence-electron chi connectivity index (χ1n) is 9.31. The number of furan rings is 1. The summed E-state index contributed by atoms with van der Waals surface area (Å²) in [5.74, 6) is 0.455. The van der Waals surface area contributed by atoms with Crippen LogP contribution in [-0.2, 0) is 0 Å². The van der Waals surface area contributed by atoms with E-state index in [1.807, 2.05) is 26.0 Å². The summed E-state index contributed by atoms with van der Waals surface area (Å²) >= 11 is 0. The lowest BCUT2D eigenvalue weighted by Crippen LogP contribution is -3.15. The third-order valence-corrected chi connectivity index (χ3v) is 5.32. The largest absolute Gasteiger partial charge is 0.459 e. The van der Waals surface area contributed by atoms with E-state index in [9.17, 15) is 9.59 Å². The van der Waals surface area contributed by atoms with Gasteiger partial charge in [-0.05, 0) is 37.6 Å². The maximum atomic E-state index is 13.0. The third kappa shape index (κ3) is 3.40. The first kappa shape index (κ1) is 17.5. The van der Waals surface area contributed by atoms with Gasteiger partial charge in [0.25, 0.3) is 5.91 Å². The van der Waals surface area contributed by atoms with Crippen molar-refractivity contribution >= 4 is 22.6 Å². The summed E-state index contributed by atoms with van der Waals surface area (Å²) in [4.78, 5) is 31.6. The van der Waals surface area contributed by atoms with Gasteiger partial charge in [-0.15, -0.1) is 0 Å². The molecule has 0 bridgehead atoms. The number of rotatable bonds is 4. The van der Waals surface area contributed by atoms with Crippen molar-refractivity contribution in [1.82, 2.24) is 9.88 Å². The standard InChI is InChI=1S/C21H23N3O3/c1-14-5-6-16-17(12-14)22-15(2)20(16)18(25)13-23-7-9-24(10-8-23)21(26)19-4-3-11-27-19/h3-6,11-12,22H,7-10,13H2,1-2H3/p+1. The average molecular weight is 366 g/mol. The molecule has 6 nitrogen and oxygen atoms in total. The molecule has 0 unspecified atom stereocenters. The molecule has 0 spiro atoms. The number of carbonyl (C=O) groups excluding carboxylic acids is 2. The molecule has 1 aliphatic heterocycles. The molecular weight excluding hydrogens is 342 g/mol. The lowest BCUT2D eigenvalue weighted by atomic mass is 10.0. The van der Waals surface area contributed by atoms with Crippen molar-refractivity contribution in [2.45, 2.75) is 13.8 Å². The molecule has 0 atom stereocenters. The molecule has 27 heavy (non-hydrogen) atoms. The van der Waals surface area contributed by atoms with Crippen molar-refractivity contribution in [3.8, 4) is 0 Å². The van der Waals surface area contributed by atoms with E-state index in [4.69, 9.17) is 4.42 Å². The Bertz CT molecular complexity index is 980. The number of hydrogen-bond acceptors (Lipinski definition) is 3. The smallest absolute Gasteiger partial charge is 0.289 e. The van der Waals surface area contributed by atoms with Gasteiger partial charge in [-0.2, -0.15) is 0 Å². The van der Waals surface area contributed by atoms with Crippen LogP contribution in [0.1, 0.15) is 32.2 Å². The summed E-state index contributed by atoms with van der Waals surface area (Å²) in [7, 11) is 0. The molecule has 2 N–H and O–H groups in total. The normalized spacial score (nSPS) is 15.4. The van der Waals surface area contributed by atoms with Crippen molar-refractivity contribution in [2.75, 3.05) is 32.7 Å². The Hall–Kier alpha value is -2.86. The monoisotopic (exact) mass is 366 g/mol. The Kier molecular flexibility index (Phi) is 4.58. The zero-order valence-corrected chi connectivity index (χ0v) is 15.7. The van der Waals surface area contributed by atoms with Gasteiger partial charge in [0.2, 0.25) is 5.78 Å². The number of H-pyrrole nitrogens is 1. The molecule has 1 fully saturated rings. The molecule has 0 radical (unpaired) electrons. The highest BCUT2D eigenvalue weighted by molar-refractivity contribution is 6.09. The topological polar surface area (TPSA) is 70.8 Å². The lowest BCUT2D eigenvalue weighted by molar-refractivity contribution is -0.895.